The van der Waals surface area contributed by atoms with Crippen molar-refractivity contribution in [1.82, 2.24) is 20.1 Å². The van der Waals surface area contributed by atoms with Gasteiger partial charge in [-0.15, -0.1) is 0 Å². The average Bonchev–Trinajstić information content (AvgIpc) is 3.07. The maximum Gasteiger partial charge on any atom is 0.0666 e. The van der Waals surface area contributed by atoms with Gasteiger partial charge in [0.05, 0.1) is 5.69 Å². The molecular weight excluding hydrogens is 260 g/mol. The van der Waals surface area contributed by atoms with Crippen LogP contribution in [0.5, 0.6) is 0 Å². The Labute approximate surface area is 125 Å². The molecule has 110 valence electrons. The van der Waals surface area contributed by atoms with Gasteiger partial charge in [0.2, 0.25) is 0 Å². The molecule has 0 saturated carbocycles. The van der Waals surface area contributed by atoms with Gasteiger partial charge in [-0.2, -0.15) is 5.10 Å². The van der Waals surface area contributed by atoms with Crippen LogP contribution in [0.4, 0.5) is 0 Å². The lowest BCUT2D eigenvalue weighted by Crippen LogP contribution is -2.17. The summed E-state index contributed by atoms with van der Waals surface area (Å²) in [5.74, 6) is 0. The second-order valence-electron chi connectivity index (χ2n) is 5.41. The van der Waals surface area contributed by atoms with Crippen molar-refractivity contribution in [2.24, 2.45) is 7.05 Å². The fourth-order valence-corrected chi connectivity index (χ4v) is 2.81. The van der Waals surface area contributed by atoms with E-state index in [1.54, 1.807) is 0 Å². The SMILES string of the molecule is CCc1nn(C)cc1CNCCc1c[nH]c2ccccc12. The van der Waals surface area contributed by atoms with Crippen molar-refractivity contribution >= 4 is 10.9 Å². The molecule has 0 atom stereocenters. The predicted octanol–water partition coefficient (Wildman–Crippen LogP) is 2.80. The number of H-pyrrole nitrogens is 1. The molecule has 4 nitrogen and oxygen atoms in total. The summed E-state index contributed by atoms with van der Waals surface area (Å²) in [5, 5.41) is 9.32. The molecule has 0 spiro atoms. The largest absolute Gasteiger partial charge is 0.361 e. The molecule has 2 aromatic heterocycles. The summed E-state index contributed by atoms with van der Waals surface area (Å²) < 4.78 is 1.90. The Hall–Kier alpha value is -2.07. The number of nitrogens with one attached hydrogen (secondary N) is 2. The first kappa shape index (κ1) is 13.9. The number of hydrogen-bond donors (Lipinski definition) is 2. The minimum atomic E-state index is 0.888. The average molecular weight is 282 g/mol. The van der Waals surface area contributed by atoms with E-state index < -0.39 is 0 Å². The molecule has 0 aliphatic rings. The predicted molar refractivity (Wildman–Crippen MR) is 86.3 cm³/mol. The van der Waals surface area contributed by atoms with Crippen LogP contribution >= 0.6 is 0 Å². The lowest BCUT2D eigenvalue weighted by atomic mass is 10.1. The minimum Gasteiger partial charge on any atom is -0.361 e. The smallest absolute Gasteiger partial charge is 0.0666 e. The lowest BCUT2D eigenvalue weighted by molar-refractivity contribution is 0.684. The summed E-state index contributed by atoms with van der Waals surface area (Å²) in [6.45, 7) is 4.01. The summed E-state index contributed by atoms with van der Waals surface area (Å²) in [5.41, 5.74) is 5.09. The van der Waals surface area contributed by atoms with Crippen LogP contribution in [0, 0.1) is 0 Å². The van der Waals surface area contributed by atoms with Crippen molar-refractivity contribution in [3.05, 3.63) is 53.5 Å². The highest BCUT2D eigenvalue weighted by Gasteiger charge is 2.06. The molecule has 0 aliphatic carbocycles. The van der Waals surface area contributed by atoms with Crippen molar-refractivity contribution in [1.29, 1.82) is 0 Å². The van der Waals surface area contributed by atoms with Gasteiger partial charge in [-0.25, -0.2) is 0 Å². The minimum absolute atomic E-state index is 0.888. The Morgan fingerprint density at radius 3 is 2.95 bits per heavy atom. The van der Waals surface area contributed by atoms with Crippen molar-refractivity contribution in [2.45, 2.75) is 26.3 Å². The number of aromatic nitrogens is 3. The Bertz CT molecular complexity index is 723. The van der Waals surface area contributed by atoms with Gasteiger partial charge in [0.1, 0.15) is 0 Å². The van der Waals surface area contributed by atoms with E-state index in [0.717, 1.165) is 25.9 Å². The summed E-state index contributed by atoms with van der Waals surface area (Å²) in [6, 6.07) is 8.46. The zero-order valence-corrected chi connectivity index (χ0v) is 12.7. The van der Waals surface area contributed by atoms with Crippen LogP contribution in [0.1, 0.15) is 23.7 Å². The first-order chi connectivity index (χ1) is 10.3. The highest BCUT2D eigenvalue weighted by atomic mass is 15.3. The first-order valence-corrected chi connectivity index (χ1v) is 7.55. The monoisotopic (exact) mass is 282 g/mol. The van der Waals surface area contributed by atoms with Gasteiger partial charge in [-0.05, 0) is 31.0 Å². The fraction of sp³-hybridized carbons (Fsp3) is 0.353. The molecule has 0 bridgehead atoms. The molecule has 21 heavy (non-hydrogen) atoms. The van der Waals surface area contributed by atoms with Crippen LogP contribution in [-0.2, 0) is 26.4 Å². The van der Waals surface area contributed by atoms with E-state index in [4.69, 9.17) is 0 Å². The lowest BCUT2D eigenvalue weighted by Gasteiger charge is -2.04. The quantitative estimate of drug-likeness (QED) is 0.683. The Morgan fingerprint density at radius 2 is 2.10 bits per heavy atom. The maximum atomic E-state index is 4.47. The second kappa shape index (κ2) is 6.14. The number of aryl methyl sites for hydroxylation is 2. The normalized spacial score (nSPS) is 11.3. The number of rotatable bonds is 6. The van der Waals surface area contributed by atoms with Gasteiger partial charge in [0, 0.05) is 42.5 Å². The third-order valence-corrected chi connectivity index (χ3v) is 3.89. The molecule has 3 aromatic rings. The van der Waals surface area contributed by atoms with Gasteiger partial charge in [-0.1, -0.05) is 25.1 Å². The molecule has 0 aliphatic heterocycles. The fourth-order valence-electron chi connectivity index (χ4n) is 2.81. The Kier molecular flexibility index (Phi) is 4.06. The van der Waals surface area contributed by atoms with E-state index in [1.807, 2.05) is 11.7 Å². The number of hydrogen-bond acceptors (Lipinski definition) is 2. The molecule has 2 heterocycles. The number of nitrogens with zero attached hydrogens (tertiary/aromatic N) is 2. The summed E-state index contributed by atoms with van der Waals surface area (Å²) in [7, 11) is 1.98. The zero-order valence-electron chi connectivity index (χ0n) is 12.7. The van der Waals surface area contributed by atoms with Crippen LogP contribution < -0.4 is 5.32 Å². The highest BCUT2D eigenvalue weighted by Crippen LogP contribution is 2.17. The van der Waals surface area contributed by atoms with E-state index in [9.17, 15) is 0 Å². The van der Waals surface area contributed by atoms with Crippen molar-refractivity contribution in [3.63, 3.8) is 0 Å². The van der Waals surface area contributed by atoms with E-state index in [-0.39, 0.29) is 0 Å². The molecule has 0 fully saturated rings. The molecule has 3 rings (SSSR count). The van der Waals surface area contributed by atoms with Crippen molar-refractivity contribution in [2.75, 3.05) is 6.54 Å². The summed E-state index contributed by atoms with van der Waals surface area (Å²) in [4.78, 5) is 3.33. The van der Waals surface area contributed by atoms with Gasteiger partial charge in [0.15, 0.2) is 0 Å². The Morgan fingerprint density at radius 1 is 1.24 bits per heavy atom. The van der Waals surface area contributed by atoms with Crippen LogP contribution in [0.2, 0.25) is 0 Å². The van der Waals surface area contributed by atoms with Crippen molar-refractivity contribution in [3.8, 4) is 0 Å². The number of para-hydroxylation sites is 1. The number of fused-ring (bicyclic) bond motifs is 1. The summed E-state index contributed by atoms with van der Waals surface area (Å²) in [6.07, 6.45) is 6.25. The van der Waals surface area contributed by atoms with Crippen LogP contribution in [-0.4, -0.2) is 21.3 Å². The van der Waals surface area contributed by atoms with Crippen LogP contribution in [0.15, 0.2) is 36.7 Å². The molecule has 4 heteroatoms. The molecule has 0 unspecified atom stereocenters. The first-order valence-electron chi connectivity index (χ1n) is 7.55. The van der Waals surface area contributed by atoms with E-state index in [0.29, 0.717) is 0 Å². The van der Waals surface area contributed by atoms with Gasteiger partial charge in [-0.3, -0.25) is 4.68 Å². The standard InChI is InChI=1S/C17H22N4/c1-3-16-14(12-21(2)20-16)10-18-9-8-13-11-19-17-7-5-4-6-15(13)17/h4-7,11-12,18-19H,3,8-10H2,1-2H3. The molecule has 0 amide bonds. The number of benzene rings is 1. The highest BCUT2D eigenvalue weighted by molar-refractivity contribution is 5.83. The molecule has 0 radical (unpaired) electrons. The van der Waals surface area contributed by atoms with Crippen LogP contribution in [0.25, 0.3) is 10.9 Å². The van der Waals surface area contributed by atoms with E-state index in [2.05, 4.69) is 59.0 Å². The van der Waals surface area contributed by atoms with Gasteiger partial charge in [0.25, 0.3) is 0 Å². The Balaban J connectivity index is 1.56. The van der Waals surface area contributed by atoms with Crippen LogP contribution in [0.3, 0.4) is 0 Å². The van der Waals surface area contributed by atoms with Gasteiger partial charge >= 0.3 is 0 Å². The van der Waals surface area contributed by atoms with E-state index in [1.165, 1.54) is 27.7 Å². The third kappa shape index (κ3) is 3.00. The summed E-state index contributed by atoms with van der Waals surface area (Å²) >= 11 is 0. The van der Waals surface area contributed by atoms with Crippen molar-refractivity contribution < 1.29 is 0 Å². The molecular formula is C17H22N4. The second-order valence-corrected chi connectivity index (χ2v) is 5.41. The number of aromatic amines is 1. The van der Waals surface area contributed by atoms with Gasteiger partial charge < -0.3 is 10.3 Å². The molecule has 2 N–H and O–H groups in total. The third-order valence-electron chi connectivity index (χ3n) is 3.89. The zero-order chi connectivity index (χ0) is 14.7. The maximum absolute atomic E-state index is 4.47. The molecule has 0 saturated heterocycles. The topological polar surface area (TPSA) is 45.6 Å². The van der Waals surface area contributed by atoms with E-state index >= 15 is 0 Å². The molecule has 1 aromatic carbocycles.